The Morgan fingerprint density at radius 2 is 1.89 bits per heavy atom. The van der Waals surface area contributed by atoms with E-state index in [0.717, 1.165) is 0 Å². The van der Waals surface area contributed by atoms with Gasteiger partial charge >= 0.3 is 6.18 Å². The van der Waals surface area contributed by atoms with E-state index in [9.17, 15) is 23.3 Å². The maximum atomic E-state index is 11.9. The number of rotatable bonds is 6. The molecule has 0 aromatic heterocycles. The molecule has 0 bridgehead atoms. The molecule has 1 aromatic rings. The molecule has 1 aromatic carbocycles. The fourth-order valence-electron chi connectivity index (χ4n) is 1.42. The third kappa shape index (κ3) is 5.42. The molecule has 0 saturated heterocycles. The number of nitrogens with two attached hydrogens (primary N) is 1. The van der Waals surface area contributed by atoms with Crippen LogP contribution in [-0.4, -0.2) is 17.6 Å². The zero-order chi connectivity index (χ0) is 14.5. The zero-order valence-corrected chi connectivity index (χ0v) is 9.83. The molecular formula is C10H13F3N4O2. The van der Waals surface area contributed by atoms with Crippen molar-refractivity contribution in [2.75, 3.05) is 17.3 Å². The van der Waals surface area contributed by atoms with Gasteiger partial charge in [0.15, 0.2) is 0 Å². The van der Waals surface area contributed by atoms with Crippen LogP contribution in [0.1, 0.15) is 12.8 Å². The van der Waals surface area contributed by atoms with Crippen molar-refractivity contribution < 1.29 is 18.1 Å². The summed E-state index contributed by atoms with van der Waals surface area (Å²) in [4.78, 5) is 10.0. The zero-order valence-electron chi connectivity index (χ0n) is 9.83. The van der Waals surface area contributed by atoms with Crippen LogP contribution in [0.5, 0.6) is 0 Å². The van der Waals surface area contributed by atoms with Gasteiger partial charge in [-0.1, -0.05) is 0 Å². The van der Waals surface area contributed by atoms with Crippen LogP contribution in [0.2, 0.25) is 0 Å². The molecule has 106 valence electrons. The number of anilines is 2. The minimum absolute atomic E-state index is 0.0602. The largest absolute Gasteiger partial charge is 0.389 e. The molecule has 0 spiro atoms. The number of benzene rings is 1. The normalized spacial score (nSPS) is 11.2. The van der Waals surface area contributed by atoms with E-state index in [1.165, 1.54) is 18.2 Å². The quantitative estimate of drug-likeness (QED) is 0.322. The summed E-state index contributed by atoms with van der Waals surface area (Å²) in [6.07, 6.45) is -5.22. The molecule has 0 aliphatic carbocycles. The van der Waals surface area contributed by atoms with Gasteiger partial charge in [0.2, 0.25) is 0 Å². The Bertz CT molecular complexity index is 451. The first kappa shape index (κ1) is 15.0. The van der Waals surface area contributed by atoms with Gasteiger partial charge in [0.25, 0.3) is 5.69 Å². The summed E-state index contributed by atoms with van der Waals surface area (Å²) in [5, 5.41) is 13.3. The molecule has 4 N–H and O–H groups in total. The molecule has 0 amide bonds. The van der Waals surface area contributed by atoms with Crippen molar-refractivity contribution in [3.05, 3.63) is 28.3 Å². The Kier molecular flexibility index (Phi) is 4.93. The smallest absolute Gasteiger partial charge is 0.385 e. The highest BCUT2D eigenvalue weighted by molar-refractivity contribution is 5.63. The van der Waals surface area contributed by atoms with Crippen molar-refractivity contribution >= 4 is 17.1 Å². The minimum atomic E-state index is -4.20. The fraction of sp³-hybridized carbons (Fsp3) is 0.400. The van der Waals surface area contributed by atoms with Crippen molar-refractivity contribution in [2.24, 2.45) is 5.84 Å². The lowest BCUT2D eigenvalue weighted by atomic mass is 10.2. The van der Waals surface area contributed by atoms with Gasteiger partial charge in [-0.2, -0.15) is 13.2 Å². The van der Waals surface area contributed by atoms with E-state index < -0.39 is 17.5 Å². The Labute approximate surface area is 106 Å². The van der Waals surface area contributed by atoms with Crippen LogP contribution >= 0.6 is 0 Å². The lowest BCUT2D eigenvalue weighted by Gasteiger charge is -2.09. The van der Waals surface area contributed by atoms with E-state index in [2.05, 4.69) is 10.7 Å². The molecule has 0 fully saturated rings. The second-order valence-electron chi connectivity index (χ2n) is 3.82. The molecule has 1 rings (SSSR count). The second kappa shape index (κ2) is 6.23. The van der Waals surface area contributed by atoms with Crippen LogP contribution < -0.4 is 16.6 Å². The molecule has 0 aliphatic rings. The van der Waals surface area contributed by atoms with Crippen molar-refractivity contribution in [1.29, 1.82) is 0 Å². The van der Waals surface area contributed by atoms with Crippen LogP contribution in [0.15, 0.2) is 18.2 Å². The van der Waals surface area contributed by atoms with E-state index >= 15 is 0 Å². The highest BCUT2D eigenvalue weighted by atomic mass is 19.4. The van der Waals surface area contributed by atoms with Crippen LogP contribution in [0, 0.1) is 10.1 Å². The van der Waals surface area contributed by atoms with Gasteiger partial charge in [0.05, 0.1) is 10.6 Å². The number of alkyl halides is 3. The standard InChI is InChI=1S/C10H13F3N4O2/c11-10(12,13)2-1-3-15-7-4-8(16-14)6-9(5-7)17(18)19/h4-6,15-16H,1-3,14H2. The van der Waals surface area contributed by atoms with Gasteiger partial charge < -0.3 is 10.7 Å². The van der Waals surface area contributed by atoms with Gasteiger partial charge in [-0.05, 0) is 12.5 Å². The number of nitro groups is 1. The molecule has 0 atom stereocenters. The average molecular weight is 278 g/mol. The van der Waals surface area contributed by atoms with Crippen molar-refractivity contribution in [1.82, 2.24) is 0 Å². The Morgan fingerprint density at radius 3 is 2.42 bits per heavy atom. The third-order valence-corrected chi connectivity index (χ3v) is 2.26. The van der Waals surface area contributed by atoms with Crippen molar-refractivity contribution in [2.45, 2.75) is 19.0 Å². The summed E-state index contributed by atoms with van der Waals surface area (Å²) in [6.45, 7) is 0.0602. The molecule has 9 heteroatoms. The fourth-order valence-corrected chi connectivity index (χ4v) is 1.42. The number of halogens is 3. The lowest BCUT2D eigenvalue weighted by molar-refractivity contribution is -0.384. The average Bonchev–Trinajstić information content (AvgIpc) is 2.33. The van der Waals surface area contributed by atoms with Crippen molar-refractivity contribution in [3.8, 4) is 0 Å². The Balaban J connectivity index is 2.62. The number of nitrogen functional groups attached to an aromatic ring is 1. The first-order valence-corrected chi connectivity index (χ1v) is 5.38. The highest BCUT2D eigenvalue weighted by Gasteiger charge is 2.25. The molecule has 6 nitrogen and oxygen atoms in total. The van der Waals surface area contributed by atoms with E-state index in [0.29, 0.717) is 11.4 Å². The SMILES string of the molecule is NNc1cc(NCCCC(F)(F)F)cc([N+](=O)[O-])c1. The number of hydrogen-bond donors (Lipinski definition) is 3. The summed E-state index contributed by atoms with van der Waals surface area (Å²) < 4.78 is 35.8. The first-order chi connectivity index (χ1) is 8.81. The van der Waals surface area contributed by atoms with Crippen molar-refractivity contribution in [3.63, 3.8) is 0 Å². The number of nitrogens with zero attached hydrogens (tertiary/aromatic N) is 1. The number of hydrogen-bond acceptors (Lipinski definition) is 5. The monoisotopic (exact) mass is 278 g/mol. The molecule has 0 aliphatic heterocycles. The van der Waals surface area contributed by atoms with Gasteiger partial charge in [-0.15, -0.1) is 0 Å². The van der Waals surface area contributed by atoms with E-state index in [1.807, 2.05) is 0 Å². The highest BCUT2D eigenvalue weighted by Crippen LogP contribution is 2.25. The summed E-state index contributed by atoms with van der Waals surface area (Å²) in [5.74, 6) is 5.15. The Morgan fingerprint density at radius 1 is 1.26 bits per heavy atom. The maximum Gasteiger partial charge on any atom is 0.389 e. The molecular weight excluding hydrogens is 265 g/mol. The number of nitrogens with one attached hydrogen (secondary N) is 2. The van der Waals surface area contributed by atoms with Gasteiger partial charge in [-0.25, -0.2) is 0 Å². The molecule has 0 heterocycles. The number of hydrazine groups is 1. The van der Waals surface area contributed by atoms with Gasteiger partial charge in [0.1, 0.15) is 0 Å². The second-order valence-corrected chi connectivity index (χ2v) is 3.82. The third-order valence-electron chi connectivity index (χ3n) is 2.26. The molecule has 19 heavy (non-hydrogen) atoms. The summed E-state index contributed by atoms with van der Waals surface area (Å²) in [5.41, 5.74) is 2.69. The predicted molar refractivity (Wildman–Crippen MR) is 64.7 cm³/mol. The van der Waals surface area contributed by atoms with E-state index in [-0.39, 0.29) is 18.7 Å². The van der Waals surface area contributed by atoms with Crippen LogP contribution in [0.4, 0.5) is 30.2 Å². The lowest BCUT2D eigenvalue weighted by Crippen LogP contribution is -2.11. The summed E-state index contributed by atoms with van der Waals surface area (Å²) >= 11 is 0. The summed E-state index contributed by atoms with van der Waals surface area (Å²) in [7, 11) is 0. The topological polar surface area (TPSA) is 93.2 Å². The van der Waals surface area contributed by atoms with Gasteiger partial charge in [0, 0.05) is 30.8 Å². The minimum Gasteiger partial charge on any atom is -0.385 e. The van der Waals surface area contributed by atoms with Gasteiger partial charge in [-0.3, -0.25) is 16.0 Å². The first-order valence-electron chi connectivity index (χ1n) is 5.38. The molecule has 0 unspecified atom stereocenters. The summed E-state index contributed by atoms with van der Waals surface area (Å²) in [6, 6.07) is 3.93. The molecule has 0 radical (unpaired) electrons. The van der Waals surface area contributed by atoms with E-state index in [4.69, 9.17) is 5.84 Å². The maximum absolute atomic E-state index is 11.9. The Hall–Kier alpha value is -2.03. The van der Waals surface area contributed by atoms with Crippen LogP contribution in [-0.2, 0) is 0 Å². The number of nitro benzene ring substituents is 1. The number of non-ortho nitro benzene ring substituents is 1. The van der Waals surface area contributed by atoms with Crippen LogP contribution in [0.3, 0.4) is 0 Å². The predicted octanol–water partition coefficient (Wildman–Crippen LogP) is 2.63. The molecule has 0 saturated carbocycles. The van der Waals surface area contributed by atoms with E-state index in [1.54, 1.807) is 0 Å². The van der Waals surface area contributed by atoms with Crippen LogP contribution in [0.25, 0.3) is 0 Å².